The first-order valence-corrected chi connectivity index (χ1v) is 29.1. The van der Waals surface area contributed by atoms with Crippen molar-refractivity contribution in [3.05, 3.63) is 293 Å². The van der Waals surface area contributed by atoms with E-state index in [1.165, 1.54) is 134 Å². The molecule has 11 aromatic carbocycles. The van der Waals surface area contributed by atoms with E-state index < -0.39 is 5.41 Å². The maximum absolute atomic E-state index is 2.54. The summed E-state index contributed by atoms with van der Waals surface area (Å²) in [5.74, 6) is 1.80. The maximum Gasteiger partial charge on any atom is 0.0725 e. The molecule has 0 bridgehead atoms. The van der Waals surface area contributed by atoms with E-state index in [9.17, 15) is 0 Å². The second-order valence-corrected chi connectivity index (χ2v) is 24.5. The fourth-order valence-electron chi connectivity index (χ4n) is 14.9. The molecule has 0 aromatic heterocycles. The van der Waals surface area contributed by atoms with Crippen LogP contribution in [0.25, 0.3) is 77.9 Å². The van der Waals surface area contributed by atoms with Gasteiger partial charge in [0.05, 0.1) is 5.41 Å². The molecule has 0 amide bonds. The molecular weight excluding hydrogens is 963 g/mol. The summed E-state index contributed by atoms with van der Waals surface area (Å²) < 4.78 is 0. The van der Waals surface area contributed by atoms with E-state index in [1.54, 1.807) is 0 Å². The molecule has 0 heterocycles. The van der Waals surface area contributed by atoms with Crippen LogP contribution in [0.4, 0.5) is 17.1 Å². The van der Waals surface area contributed by atoms with Crippen molar-refractivity contribution in [3.63, 3.8) is 0 Å². The lowest BCUT2D eigenvalue weighted by Crippen LogP contribution is -2.26. The zero-order valence-electron chi connectivity index (χ0n) is 46.7. The Balaban J connectivity index is 0.813. The van der Waals surface area contributed by atoms with E-state index in [0.29, 0.717) is 17.8 Å². The smallest absolute Gasteiger partial charge is 0.0725 e. The van der Waals surface area contributed by atoms with Gasteiger partial charge in [0, 0.05) is 22.5 Å². The van der Waals surface area contributed by atoms with Crippen molar-refractivity contribution in [1.29, 1.82) is 0 Å². The van der Waals surface area contributed by atoms with Gasteiger partial charge < -0.3 is 4.90 Å². The van der Waals surface area contributed by atoms with E-state index in [1.807, 2.05) is 0 Å². The molecular formula is C79H65N. The maximum atomic E-state index is 2.54. The number of hydrogen-bond acceptors (Lipinski definition) is 1. The van der Waals surface area contributed by atoms with Gasteiger partial charge in [-0.05, 0) is 207 Å². The Bertz CT molecular complexity index is 4250. The third-order valence-corrected chi connectivity index (χ3v) is 18.8. The summed E-state index contributed by atoms with van der Waals surface area (Å²) in [6, 6.07) is 92.9. The molecule has 1 spiro atoms. The molecule has 15 rings (SSSR count). The predicted octanol–water partition coefficient (Wildman–Crippen LogP) is 21.2. The number of hydrogen-bond donors (Lipinski definition) is 0. The van der Waals surface area contributed by atoms with Gasteiger partial charge in [0.2, 0.25) is 0 Å². The molecule has 0 radical (unpaired) electrons. The molecule has 386 valence electrons. The van der Waals surface area contributed by atoms with Crippen molar-refractivity contribution in [1.82, 2.24) is 0 Å². The third kappa shape index (κ3) is 7.36. The fourth-order valence-corrected chi connectivity index (χ4v) is 14.9. The van der Waals surface area contributed by atoms with Crippen molar-refractivity contribution in [2.75, 3.05) is 4.90 Å². The van der Waals surface area contributed by atoms with Crippen molar-refractivity contribution in [2.45, 2.75) is 71.1 Å². The molecule has 11 aromatic rings. The fraction of sp³-hybridized carbons (Fsp3) is 0.165. The van der Waals surface area contributed by atoms with Crippen LogP contribution in [0.15, 0.2) is 243 Å². The minimum Gasteiger partial charge on any atom is -0.310 e. The molecule has 0 saturated heterocycles. The lowest BCUT2D eigenvalue weighted by molar-refractivity contribution is 0.408. The molecule has 4 aliphatic carbocycles. The van der Waals surface area contributed by atoms with E-state index in [2.05, 4.69) is 289 Å². The van der Waals surface area contributed by atoms with Crippen LogP contribution in [-0.2, 0) is 17.3 Å². The zero-order chi connectivity index (χ0) is 54.0. The number of benzene rings is 11. The first-order chi connectivity index (χ1) is 39.0. The molecule has 2 unspecified atom stereocenters. The van der Waals surface area contributed by atoms with Gasteiger partial charge in [0.15, 0.2) is 0 Å². The van der Waals surface area contributed by atoms with Crippen LogP contribution < -0.4 is 4.90 Å². The van der Waals surface area contributed by atoms with Gasteiger partial charge in [-0.3, -0.25) is 0 Å². The number of fused-ring (bicyclic) bond motifs is 16. The summed E-state index contributed by atoms with van der Waals surface area (Å²) in [6.07, 6.45) is 2.10. The first-order valence-electron chi connectivity index (χ1n) is 29.1. The van der Waals surface area contributed by atoms with Gasteiger partial charge in [0.25, 0.3) is 0 Å². The van der Waals surface area contributed by atoms with Crippen LogP contribution in [0.2, 0.25) is 0 Å². The van der Waals surface area contributed by atoms with Gasteiger partial charge in [-0.15, -0.1) is 0 Å². The molecule has 1 heteroatoms. The SMILES string of the molecule is CC(C)CC(c1ccc(-c2ccc3c(c2)C2(c4ccccc4-3)c3ccccc3-c3ccc(-c4ccc5c(c4)Cc4ccc(N(c6ccc(-c7ccccc7)cc6)c6ccc7c(c6)C(C)(C)c6ccccc6-7)cc4-5)cc32)cc1)C(C)C. The average Bonchev–Trinajstić information content (AvgIpc) is 4.38. The van der Waals surface area contributed by atoms with Gasteiger partial charge >= 0.3 is 0 Å². The summed E-state index contributed by atoms with van der Waals surface area (Å²) >= 11 is 0. The van der Waals surface area contributed by atoms with Crippen LogP contribution in [0.1, 0.15) is 104 Å². The molecule has 80 heavy (non-hydrogen) atoms. The monoisotopic (exact) mass is 1030 g/mol. The molecule has 0 fully saturated rings. The van der Waals surface area contributed by atoms with Crippen molar-refractivity contribution in [2.24, 2.45) is 11.8 Å². The van der Waals surface area contributed by atoms with E-state index >= 15 is 0 Å². The van der Waals surface area contributed by atoms with E-state index in [4.69, 9.17) is 0 Å². The highest BCUT2D eigenvalue weighted by atomic mass is 15.1. The largest absolute Gasteiger partial charge is 0.310 e. The molecule has 1 nitrogen and oxygen atoms in total. The van der Waals surface area contributed by atoms with Gasteiger partial charge in [0.1, 0.15) is 0 Å². The highest BCUT2D eigenvalue weighted by molar-refractivity contribution is 5.97. The Morgan fingerprint density at radius 1 is 0.338 bits per heavy atom. The molecule has 0 N–H and O–H groups in total. The quantitative estimate of drug-likeness (QED) is 0.132. The Morgan fingerprint density at radius 3 is 1.43 bits per heavy atom. The third-order valence-electron chi connectivity index (χ3n) is 18.8. The van der Waals surface area contributed by atoms with Crippen LogP contribution in [0.5, 0.6) is 0 Å². The highest BCUT2D eigenvalue weighted by Crippen LogP contribution is 2.64. The van der Waals surface area contributed by atoms with E-state index in [0.717, 1.165) is 23.5 Å². The first kappa shape index (κ1) is 48.4. The van der Waals surface area contributed by atoms with Crippen LogP contribution in [0, 0.1) is 11.8 Å². The topological polar surface area (TPSA) is 3.24 Å². The standard InChI is InChI=1S/C79H65N/c1-49(2)42-70(50(3)4)54-26-24-53(25-27-54)56-32-39-68-65-19-11-14-22-73(65)79(76(68)45-56)74-23-15-12-20-66(74)69-40-33-57(46-77(69)79)55-31-38-63-59(43-55)44-58-30-36-61(47-71(58)63)80(60-34-28-52(29-35-60)51-16-8-7-9-17-51)62-37-41-67-64-18-10-13-21-72(64)78(5,6)75(67)48-62/h7-41,43,45-50,70H,42,44H2,1-6H3. The summed E-state index contributed by atoms with van der Waals surface area (Å²) in [5, 5.41) is 0. The minimum absolute atomic E-state index is 0.115. The number of nitrogens with zero attached hydrogens (tertiary/aromatic N) is 1. The number of anilines is 3. The average molecular weight is 1030 g/mol. The molecule has 4 aliphatic rings. The predicted molar refractivity (Wildman–Crippen MR) is 337 cm³/mol. The Labute approximate surface area is 472 Å². The highest BCUT2D eigenvalue weighted by Gasteiger charge is 2.52. The summed E-state index contributed by atoms with van der Waals surface area (Å²) in [7, 11) is 0. The van der Waals surface area contributed by atoms with Crippen molar-refractivity contribution >= 4 is 17.1 Å². The van der Waals surface area contributed by atoms with Gasteiger partial charge in [-0.25, -0.2) is 0 Å². The van der Waals surface area contributed by atoms with Crippen LogP contribution in [0.3, 0.4) is 0 Å². The zero-order valence-corrected chi connectivity index (χ0v) is 46.7. The van der Waals surface area contributed by atoms with Crippen LogP contribution in [-0.4, -0.2) is 0 Å². The molecule has 0 aliphatic heterocycles. The lowest BCUT2D eigenvalue weighted by Gasteiger charge is -2.31. The summed E-state index contributed by atoms with van der Waals surface area (Å²) in [4.78, 5) is 2.47. The van der Waals surface area contributed by atoms with Gasteiger partial charge in [-0.1, -0.05) is 236 Å². The Kier molecular flexibility index (Phi) is 11.1. The molecule has 0 saturated carbocycles. The second kappa shape index (κ2) is 18.4. The van der Waals surface area contributed by atoms with Crippen molar-refractivity contribution < 1.29 is 0 Å². The normalized spacial score (nSPS) is 15.7. The minimum atomic E-state index is -0.459. The second-order valence-electron chi connectivity index (χ2n) is 24.5. The van der Waals surface area contributed by atoms with Crippen molar-refractivity contribution in [3.8, 4) is 77.9 Å². The van der Waals surface area contributed by atoms with Crippen LogP contribution >= 0.6 is 0 Å². The Morgan fingerprint density at radius 2 is 0.787 bits per heavy atom. The lowest BCUT2D eigenvalue weighted by atomic mass is 9.70. The summed E-state index contributed by atoms with van der Waals surface area (Å²) in [5.41, 5.74) is 33.4. The summed E-state index contributed by atoms with van der Waals surface area (Å²) in [6.45, 7) is 14.2. The van der Waals surface area contributed by atoms with E-state index in [-0.39, 0.29) is 5.41 Å². The Hall–Kier alpha value is -8.78. The molecule has 2 atom stereocenters. The van der Waals surface area contributed by atoms with Gasteiger partial charge in [-0.2, -0.15) is 0 Å². The number of rotatable bonds is 10.